The van der Waals surface area contributed by atoms with Crippen molar-refractivity contribution in [1.82, 2.24) is 0 Å². The van der Waals surface area contributed by atoms with E-state index in [9.17, 15) is 0 Å². The van der Waals surface area contributed by atoms with Crippen molar-refractivity contribution in [2.24, 2.45) is 4.99 Å². The number of fused-ring (bicyclic) bond motifs is 1. The van der Waals surface area contributed by atoms with E-state index in [1.54, 1.807) is 0 Å². The van der Waals surface area contributed by atoms with Crippen LogP contribution in [0.1, 0.15) is 5.56 Å². The molecular weight excluding hydrogens is 341 g/mol. The third kappa shape index (κ3) is 2.48. The summed E-state index contributed by atoms with van der Waals surface area (Å²) in [6, 6.07) is 13.8. The summed E-state index contributed by atoms with van der Waals surface area (Å²) in [5.41, 5.74) is 1.94. The first-order valence-electron chi connectivity index (χ1n) is 5.50. The summed E-state index contributed by atoms with van der Waals surface area (Å²) in [5.74, 6) is 1.57. The molecule has 0 radical (unpaired) electrons. The lowest BCUT2D eigenvalue weighted by atomic mass is 10.2. The second-order valence-electron chi connectivity index (χ2n) is 3.85. The molecule has 0 spiro atoms. The van der Waals surface area contributed by atoms with E-state index in [-0.39, 0.29) is 0 Å². The van der Waals surface area contributed by atoms with Crippen LogP contribution in [0.15, 0.2) is 47.5 Å². The molecule has 0 atom stereocenters. The van der Waals surface area contributed by atoms with Crippen LogP contribution in [0.3, 0.4) is 0 Å². The van der Waals surface area contributed by atoms with Gasteiger partial charge in [-0.2, -0.15) is 0 Å². The molecule has 2 aromatic carbocycles. The molecule has 0 aromatic heterocycles. The van der Waals surface area contributed by atoms with Crippen molar-refractivity contribution in [1.29, 1.82) is 0 Å². The summed E-state index contributed by atoms with van der Waals surface area (Å²) >= 11 is 2.27. The molecule has 4 heteroatoms. The minimum atomic E-state index is 0.299. The number of hydrogen-bond acceptors (Lipinski definition) is 3. The fourth-order valence-electron chi connectivity index (χ4n) is 1.67. The molecule has 2 aromatic rings. The van der Waals surface area contributed by atoms with Crippen LogP contribution in [-0.4, -0.2) is 13.0 Å². The third-order valence-corrected chi connectivity index (χ3v) is 3.31. The van der Waals surface area contributed by atoms with Crippen LogP contribution in [0.2, 0.25) is 0 Å². The fourth-order valence-corrected chi connectivity index (χ4v) is 2.03. The Kier molecular flexibility index (Phi) is 3.19. The van der Waals surface area contributed by atoms with Gasteiger partial charge in [0.15, 0.2) is 11.5 Å². The number of hydrogen-bond donors (Lipinski definition) is 0. The summed E-state index contributed by atoms with van der Waals surface area (Å²) in [5, 5.41) is 0. The van der Waals surface area contributed by atoms with Crippen LogP contribution in [-0.2, 0) is 0 Å². The van der Waals surface area contributed by atoms with Gasteiger partial charge in [0.25, 0.3) is 0 Å². The molecule has 1 aliphatic rings. The fraction of sp³-hybridized carbons (Fsp3) is 0.0714. The molecule has 0 fully saturated rings. The van der Waals surface area contributed by atoms with E-state index in [0.29, 0.717) is 6.79 Å². The van der Waals surface area contributed by atoms with Crippen molar-refractivity contribution in [2.75, 3.05) is 6.79 Å². The Balaban J connectivity index is 1.82. The Morgan fingerprint density at radius 1 is 1.00 bits per heavy atom. The maximum absolute atomic E-state index is 5.32. The summed E-state index contributed by atoms with van der Waals surface area (Å²) in [6.45, 7) is 0.299. The van der Waals surface area contributed by atoms with Gasteiger partial charge in [-0.05, 0) is 70.6 Å². The monoisotopic (exact) mass is 351 g/mol. The van der Waals surface area contributed by atoms with Gasteiger partial charge in [0.05, 0.1) is 5.69 Å². The minimum Gasteiger partial charge on any atom is -0.454 e. The van der Waals surface area contributed by atoms with Gasteiger partial charge in [0.2, 0.25) is 6.79 Å². The molecule has 0 N–H and O–H groups in total. The summed E-state index contributed by atoms with van der Waals surface area (Å²) in [7, 11) is 0. The molecule has 3 rings (SSSR count). The second kappa shape index (κ2) is 4.97. The van der Waals surface area contributed by atoms with Crippen LogP contribution >= 0.6 is 22.6 Å². The van der Waals surface area contributed by atoms with Gasteiger partial charge in [-0.25, -0.2) is 0 Å². The molecule has 0 amide bonds. The second-order valence-corrected chi connectivity index (χ2v) is 5.09. The van der Waals surface area contributed by atoms with Crippen molar-refractivity contribution < 1.29 is 9.47 Å². The number of rotatable bonds is 2. The lowest BCUT2D eigenvalue weighted by Crippen LogP contribution is -1.92. The highest BCUT2D eigenvalue weighted by atomic mass is 127. The quantitative estimate of drug-likeness (QED) is 0.609. The molecule has 0 aliphatic carbocycles. The summed E-state index contributed by atoms with van der Waals surface area (Å²) in [6.07, 6.45) is 1.82. The topological polar surface area (TPSA) is 30.8 Å². The highest BCUT2D eigenvalue weighted by molar-refractivity contribution is 14.1. The third-order valence-electron chi connectivity index (χ3n) is 2.59. The predicted octanol–water partition coefficient (Wildman–Crippen LogP) is 3.77. The molecule has 0 bridgehead atoms. The Labute approximate surface area is 119 Å². The Morgan fingerprint density at radius 2 is 1.78 bits per heavy atom. The van der Waals surface area contributed by atoms with Crippen molar-refractivity contribution in [3.05, 3.63) is 51.6 Å². The van der Waals surface area contributed by atoms with Gasteiger partial charge < -0.3 is 9.47 Å². The van der Waals surface area contributed by atoms with Gasteiger partial charge in [-0.1, -0.05) is 0 Å². The number of benzene rings is 2. The predicted molar refractivity (Wildman–Crippen MR) is 79.0 cm³/mol. The van der Waals surface area contributed by atoms with Crippen LogP contribution in [0.25, 0.3) is 0 Å². The SMILES string of the molecule is Ic1ccc(N=Cc2ccc3c(c2)OCO3)cc1. The molecule has 0 unspecified atom stereocenters. The molecule has 3 nitrogen and oxygen atoms in total. The molecule has 0 saturated heterocycles. The van der Waals surface area contributed by atoms with Crippen LogP contribution in [0.5, 0.6) is 11.5 Å². The lowest BCUT2D eigenvalue weighted by Gasteiger charge is -1.97. The van der Waals surface area contributed by atoms with Crippen molar-refractivity contribution >= 4 is 34.5 Å². The number of halogens is 1. The van der Waals surface area contributed by atoms with E-state index in [1.165, 1.54) is 3.57 Å². The van der Waals surface area contributed by atoms with E-state index in [1.807, 2.05) is 48.7 Å². The van der Waals surface area contributed by atoms with Gasteiger partial charge in [0.1, 0.15) is 0 Å². The zero-order valence-electron chi connectivity index (χ0n) is 9.47. The minimum absolute atomic E-state index is 0.299. The van der Waals surface area contributed by atoms with E-state index >= 15 is 0 Å². The molecule has 1 heterocycles. The smallest absolute Gasteiger partial charge is 0.231 e. The Hall–Kier alpha value is -1.56. The van der Waals surface area contributed by atoms with E-state index in [4.69, 9.17) is 9.47 Å². The zero-order valence-corrected chi connectivity index (χ0v) is 11.6. The van der Waals surface area contributed by atoms with Crippen LogP contribution in [0.4, 0.5) is 5.69 Å². The molecular formula is C14H10INO2. The number of nitrogens with zero attached hydrogens (tertiary/aromatic N) is 1. The molecule has 0 saturated carbocycles. The normalized spacial score (nSPS) is 13.2. The van der Waals surface area contributed by atoms with Crippen molar-refractivity contribution in [2.45, 2.75) is 0 Å². The lowest BCUT2D eigenvalue weighted by molar-refractivity contribution is 0.174. The van der Waals surface area contributed by atoms with Gasteiger partial charge >= 0.3 is 0 Å². The molecule has 1 aliphatic heterocycles. The highest BCUT2D eigenvalue weighted by Gasteiger charge is 2.12. The number of ether oxygens (including phenoxy) is 2. The van der Waals surface area contributed by atoms with E-state index in [2.05, 4.69) is 27.6 Å². The average Bonchev–Trinajstić information content (AvgIpc) is 2.85. The first-order valence-corrected chi connectivity index (χ1v) is 6.58. The van der Waals surface area contributed by atoms with Gasteiger partial charge in [0, 0.05) is 9.78 Å². The first kappa shape index (κ1) is 11.5. The molecule has 18 heavy (non-hydrogen) atoms. The summed E-state index contributed by atoms with van der Waals surface area (Å²) < 4.78 is 11.8. The first-order chi connectivity index (χ1) is 8.81. The molecule has 90 valence electrons. The van der Waals surface area contributed by atoms with Crippen molar-refractivity contribution in [3.63, 3.8) is 0 Å². The zero-order chi connectivity index (χ0) is 12.4. The van der Waals surface area contributed by atoms with Crippen LogP contribution in [0, 0.1) is 3.57 Å². The Morgan fingerprint density at radius 3 is 2.61 bits per heavy atom. The standard InChI is InChI=1S/C14H10INO2/c15-11-2-4-12(5-3-11)16-8-10-1-6-13-14(7-10)18-9-17-13/h1-8H,9H2. The average molecular weight is 351 g/mol. The van der Waals surface area contributed by atoms with Crippen LogP contribution < -0.4 is 9.47 Å². The van der Waals surface area contributed by atoms with Gasteiger partial charge in [-0.15, -0.1) is 0 Å². The van der Waals surface area contributed by atoms with E-state index < -0.39 is 0 Å². The van der Waals surface area contributed by atoms with E-state index in [0.717, 1.165) is 22.7 Å². The summed E-state index contributed by atoms with van der Waals surface area (Å²) in [4.78, 5) is 4.42. The Bertz CT molecular complexity index is 593. The number of aliphatic imine (C=N–C) groups is 1. The largest absolute Gasteiger partial charge is 0.454 e. The maximum atomic E-state index is 5.32. The maximum Gasteiger partial charge on any atom is 0.231 e. The van der Waals surface area contributed by atoms with Gasteiger partial charge in [-0.3, -0.25) is 4.99 Å². The van der Waals surface area contributed by atoms with Crippen molar-refractivity contribution in [3.8, 4) is 11.5 Å². The highest BCUT2D eigenvalue weighted by Crippen LogP contribution is 2.32.